The molecular weight excluding hydrogens is 424 g/mol. The highest BCUT2D eigenvalue weighted by atomic mass is 35.5. The van der Waals surface area contributed by atoms with E-state index < -0.39 is 68.1 Å². The van der Waals surface area contributed by atoms with Gasteiger partial charge in [-0.1, -0.05) is 11.6 Å². The SMILES string of the molecule is CCOC(=O)c1c(C[S@](=O)c2ccc(Cl)cc2)oc2c(F)c(F)c(F)c(F)c12. The smallest absolute Gasteiger partial charge is 0.342 e. The van der Waals surface area contributed by atoms with Crippen LogP contribution in [0, 0.1) is 23.3 Å². The maximum absolute atomic E-state index is 14.3. The van der Waals surface area contributed by atoms with Crippen LogP contribution in [0.25, 0.3) is 11.0 Å². The van der Waals surface area contributed by atoms with E-state index in [2.05, 4.69) is 0 Å². The zero-order valence-electron chi connectivity index (χ0n) is 14.2. The van der Waals surface area contributed by atoms with Gasteiger partial charge in [-0.25, -0.2) is 18.0 Å². The Hall–Kier alpha value is -2.39. The first kappa shape index (κ1) is 20.3. The zero-order valence-corrected chi connectivity index (χ0v) is 15.7. The number of benzene rings is 2. The fourth-order valence-electron chi connectivity index (χ4n) is 2.55. The van der Waals surface area contributed by atoms with Gasteiger partial charge in [-0.15, -0.1) is 0 Å². The summed E-state index contributed by atoms with van der Waals surface area (Å²) in [4.78, 5) is 12.5. The normalized spacial score (nSPS) is 12.4. The van der Waals surface area contributed by atoms with Gasteiger partial charge in [0.1, 0.15) is 11.3 Å². The van der Waals surface area contributed by atoms with Crippen molar-refractivity contribution in [3.63, 3.8) is 0 Å². The molecular formula is C18H11ClF4O4S. The molecule has 0 saturated heterocycles. The second-order valence-electron chi connectivity index (χ2n) is 5.52. The summed E-state index contributed by atoms with van der Waals surface area (Å²) < 4.78 is 78.0. The summed E-state index contributed by atoms with van der Waals surface area (Å²) in [5.41, 5.74) is -1.64. The zero-order chi connectivity index (χ0) is 20.6. The summed E-state index contributed by atoms with van der Waals surface area (Å²) in [7, 11) is -1.82. The molecule has 0 bridgehead atoms. The van der Waals surface area contributed by atoms with Gasteiger partial charge < -0.3 is 9.15 Å². The number of hydrogen-bond donors (Lipinski definition) is 0. The van der Waals surface area contributed by atoms with Crippen LogP contribution in [0.2, 0.25) is 5.02 Å². The van der Waals surface area contributed by atoms with Crippen molar-refractivity contribution in [3.8, 4) is 0 Å². The van der Waals surface area contributed by atoms with E-state index in [0.717, 1.165) is 0 Å². The Labute approximate surface area is 163 Å². The predicted octanol–water partition coefficient (Wildman–Crippen LogP) is 5.13. The summed E-state index contributed by atoms with van der Waals surface area (Å²) in [5, 5.41) is -0.509. The van der Waals surface area contributed by atoms with Crippen molar-refractivity contribution in [1.29, 1.82) is 0 Å². The number of carbonyl (C=O) groups is 1. The Bertz CT molecular complexity index is 1100. The highest BCUT2D eigenvalue weighted by Crippen LogP contribution is 2.35. The summed E-state index contributed by atoms with van der Waals surface area (Å²) in [6.07, 6.45) is 0. The lowest BCUT2D eigenvalue weighted by atomic mass is 10.1. The van der Waals surface area contributed by atoms with Crippen molar-refractivity contribution in [3.05, 3.63) is 63.9 Å². The van der Waals surface area contributed by atoms with Gasteiger partial charge in [-0.05, 0) is 31.2 Å². The van der Waals surface area contributed by atoms with Crippen LogP contribution in [0.5, 0.6) is 0 Å². The van der Waals surface area contributed by atoms with Crippen molar-refractivity contribution >= 4 is 39.3 Å². The molecule has 3 rings (SSSR count). The monoisotopic (exact) mass is 434 g/mol. The number of fused-ring (bicyclic) bond motifs is 1. The van der Waals surface area contributed by atoms with Crippen LogP contribution >= 0.6 is 11.6 Å². The lowest BCUT2D eigenvalue weighted by molar-refractivity contribution is 0.0526. The fourth-order valence-corrected chi connectivity index (χ4v) is 3.73. The highest BCUT2D eigenvalue weighted by molar-refractivity contribution is 7.84. The minimum absolute atomic E-state index is 0.126. The lowest BCUT2D eigenvalue weighted by Crippen LogP contribution is -2.09. The molecule has 0 unspecified atom stereocenters. The molecule has 0 amide bonds. The average Bonchev–Trinajstić information content (AvgIpc) is 3.04. The molecule has 1 heterocycles. The van der Waals surface area contributed by atoms with Gasteiger partial charge in [-0.2, -0.15) is 4.39 Å². The van der Waals surface area contributed by atoms with Crippen molar-refractivity contribution in [2.45, 2.75) is 17.6 Å². The summed E-state index contributed by atoms with van der Waals surface area (Å²) in [5.74, 6) is -9.85. The van der Waals surface area contributed by atoms with E-state index in [1.807, 2.05) is 0 Å². The van der Waals surface area contributed by atoms with Crippen LogP contribution in [-0.2, 0) is 21.3 Å². The molecule has 4 nitrogen and oxygen atoms in total. The molecule has 0 aliphatic rings. The van der Waals surface area contributed by atoms with Gasteiger partial charge in [0.25, 0.3) is 0 Å². The molecule has 0 N–H and O–H groups in total. The summed E-state index contributed by atoms with van der Waals surface area (Å²) >= 11 is 5.76. The minimum atomic E-state index is -2.10. The lowest BCUT2D eigenvalue weighted by Gasteiger charge is -2.05. The van der Waals surface area contributed by atoms with Crippen LogP contribution in [0.1, 0.15) is 23.0 Å². The quantitative estimate of drug-likeness (QED) is 0.242. The largest absolute Gasteiger partial charge is 0.462 e. The Morgan fingerprint density at radius 2 is 1.68 bits per heavy atom. The molecule has 148 valence electrons. The third-order valence-electron chi connectivity index (χ3n) is 3.80. The average molecular weight is 435 g/mol. The van der Waals surface area contributed by atoms with Crippen molar-refractivity contribution in [2.75, 3.05) is 6.61 Å². The van der Waals surface area contributed by atoms with E-state index in [0.29, 0.717) is 5.02 Å². The number of esters is 1. The van der Waals surface area contributed by atoms with Crippen LogP contribution in [-0.4, -0.2) is 16.8 Å². The van der Waals surface area contributed by atoms with Crippen LogP contribution in [0.15, 0.2) is 33.6 Å². The third-order valence-corrected chi connectivity index (χ3v) is 5.37. The van der Waals surface area contributed by atoms with Crippen LogP contribution in [0.3, 0.4) is 0 Å². The van der Waals surface area contributed by atoms with E-state index in [-0.39, 0.29) is 11.5 Å². The molecule has 3 aromatic rings. The van der Waals surface area contributed by atoms with E-state index in [1.165, 1.54) is 31.2 Å². The molecule has 10 heteroatoms. The van der Waals surface area contributed by atoms with E-state index in [9.17, 15) is 26.6 Å². The van der Waals surface area contributed by atoms with E-state index in [4.69, 9.17) is 20.8 Å². The van der Waals surface area contributed by atoms with Crippen LogP contribution in [0.4, 0.5) is 17.6 Å². The van der Waals surface area contributed by atoms with Gasteiger partial charge in [-0.3, -0.25) is 4.21 Å². The number of halogens is 5. The molecule has 0 aliphatic carbocycles. The first-order valence-corrected chi connectivity index (χ1v) is 9.54. The second-order valence-corrected chi connectivity index (χ2v) is 7.41. The molecule has 0 spiro atoms. The fraction of sp³-hybridized carbons (Fsp3) is 0.167. The molecule has 0 radical (unpaired) electrons. The Morgan fingerprint density at radius 1 is 1.07 bits per heavy atom. The van der Waals surface area contributed by atoms with Crippen molar-refractivity contribution < 1.29 is 35.7 Å². The first-order valence-electron chi connectivity index (χ1n) is 7.84. The minimum Gasteiger partial charge on any atom is -0.462 e. The van der Waals surface area contributed by atoms with Crippen LogP contribution < -0.4 is 0 Å². The van der Waals surface area contributed by atoms with E-state index in [1.54, 1.807) is 0 Å². The second kappa shape index (κ2) is 7.92. The van der Waals surface area contributed by atoms with Gasteiger partial charge in [0, 0.05) is 9.92 Å². The summed E-state index contributed by atoms with van der Waals surface area (Å²) in [6.45, 7) is 1.34. The molecule has 0 aliphatic heterocycles. The number of rotatable bonds is 5. The maximum atomic E-state index is 14.3. The Balaban J connectivity index is 2.18. The molecule has 0 fully saturated rings. The molecule has 1 aromatic heterocycles. The maximum Gasteiger partial charge on any atom is 0.342 e. The number of ether oxygens (including phenoxy) is 1. The predicted molar refractivity (Wildman–Crippen MR) is 93.6 cm³/mol. The number of hydrogen-bond acceptors (Lipinski definition) is 4. The molecule has 1 atom stereocenters. The van der Waals surface area contributed by atoms with Crippen molar-refractivity contribution in [2.24, 2.45) is 0 Å². The van der Waals surface area contributed by atoms with Gasteiger partial charge >= 0.3 is 5.97 Å². The third kappa shape index (κ3) is 3.51. The molecule has 28 heavy (non-hydrogen) atoms. The highest BCUT2D eigenvalue weighted by Gasteiger charge is 2.32. The van der Waals surface area contributed by atoms with Gasteiger partial charge in [0.2, 0.25) is 11.6 Å². The first-order chi connectivity index (χ1) is 13.3. The topological polar surface area (TPSA) is 56.5 Å². The Kier molecular flexibility index (Phi) is 5.76. The van der Waals surface area contributed by atoms with Gasteiger partial charge in [0.15, 0.2) is 17.2 Å². The standard InChI is InChI=1S/C18H11ClF4O4S/c1-2-26-18(24)11-10(7-28(25)9-5-3-8(19)4-6-9)27-17-12(11)13(20)14(21)15(22)16(17)23/h3-6H,2,7H2,1H3/t28-/m0/s1. The van der Waals surface area contributed by atoms with E-state index >= 15 is 0 Å². The van der Waals surface area contributed by atoms with Gasteiger partial charge in [0.05, 0.1) is 28.5 Å². The number of furan rings is 1. The molecule has 2 aromatic carbocycles. The van der Waals surface area contributed by atoms with Crippen molar-refractivity contribution in [1.82, 2.24) is 0 Å². The molecule has 0 saturated carbocycles. The Morgan fingerprint density at radius 3 is 2.29 bits per heavy atom. The summed E-state index contributed by atoms with van der Waals surface area (Å²) in [6, 6.07) is 5.85. The number of carbonyl (C=O) groups excluding carboxylic acids is 1.